The van der Waals surface area contributed by atoms with Crippen molar-refractivity contribution in [2.45, 2.75) is 168 Å². The predicted octanol–water partition coefficient (Wildman–Crippen LogP) is 7.79. The van der Waals surface area contributed by atoms with E-state index in [0.717, 1.165) is 103 Å². The quantitative estimate of drug-likeness (QED) is 0.0454. The highest BCUT2D eigenvalue weighted by atomic mass is 16.6. The summed E-state index contributed by atoms with van der Waals surface area (Å²) in [5.41, 5.74) is 0. The highest BCUT2D eigenvalue weighted by Crippen LogP contribution is 2.11. The van der Waals surface area contributed by atoms with Gasteiger partial charge in [0.25, 0.3) is 0 Å². The summed E-state index contributed by atoms with van der Waals surface area (Å²) in [4.78, 5) is 49.3. The lowest BCUT2D eigenvalue weighted by molar-refractivity contribution is -0.169. The third-order valence-corrected chi connectivity index (χ3v) is 7.04. The highest BCUT2D eigenvalue weighted by molar-refractivity contribution is 5.70. The second-order valence-corrected chi connectivity index (χ2v) is 11.4. The zero-order chi connectivity index (χ0) is 32.0. The minimum Gasteiger partial charge on any atom is -0.463 e. The second-order valence-electron chi connectivity index (χ2n) is 11.4. The van der Waals surface area contributed by atoms with Gasteiger partial charge in [-0.1, -0.05) is 105 Å². The standard InChI is InChI=1S/C34H62O9/c1-5-9-13-17-21-31(35)40-25-29(26-41-32(36)22-18-14-10-6-2)39-27-30(43-34(38)24-20-16-12-8-4)28-42-33(37)23-19-15-11-7-3/h29-30H,5-28H2,1-4H3. The average molecular weight is 615 g/mol. The molecular weight excluding hydrogens is 552 g/mol. The molecule has 0 aromatic rings. The molecule has 43 heavy (non-hydrogen) atoms. The van der Waals surface area contributed by atoms with Gasteiger partial charge in [-0.25, -0.2) is 0 Å². The minimum absolute atomic E-state index is 0.0867. The number of hydrogen-bond donors (Lipinski definition) is 0. The van der Waals surface area contributed by atoms with Gasteiger partial charge in [-0.3, -0.25) is 19.2 Å². The Bertz CT molecular complexity index is 682. The first-order chi connectivity index (χ1) is 20.9. The third-order valence-electron chi connectivity index (χ3n) is 7.04. The molecule has 9 nitrogen and oxygen atoms in total. The number of ether oxygens (including phenoxy) is 5. The summed E-state index contributed by atoms with van der Waals surface area (Å²) in [6.07, 6.45) is 15.0. The first-order valence-electron chi connectivity index (χ1n) is 17.1. The fourth-order valence-corrected chi connectivity index (χ4v) is 4.31. The lowest BCUT2D eigenvalue weighted by Gasteiger charge is -2.23. The Morgan fingerprint density at radius 1 is 0.395 bits per heavy atom. The number of carbonyl (C=O) groups excluding carboxylic acids is 4. The molecule has 0 aliphatic heterocycles. The predicted molar refractivity (Wildman–Crippen MR) is 168 cm³/mol. The Balaban J connectivity index is 5.12. The zero-order valence-corrected chi connectivity index (χ0v) is 27.8. The molecule has 1 atom stereocenters. The van der Waals surface area contributed by atoms with Gasteiger partial charge in [0.1, 0.15) is 25.9 Å². The molecule has 0 N–H and O–H groups in total. The average Bonchev–Trinajstić information content (AvgIpc) is 3.00. The van der Waals surface area contributed by atoms with Crippen LogP contribution in [0.3, 0.4) is 0 Å². The molecule has 0 aliphatic carbocycles. The van der Waals surface area contributed by atoms with Crippen LogP contribution in [0.15, 0.2) is 0 Å². The summed E-state index contributed by atoms with van der Waals surface area (Å²) in [5, 5.41) is 0. The molecular formula is C34H62O9. The van der Waals surface area contributed by atoms with Gasteiger partial charge in [-0.15, -0.1) is 0 Å². The van der Waals surface area contributed by atoms with Crippen molar-refractivity contribution >= 4 is 23.9 Å². The highest BCUT2D eigenvalue weighted by Gasteiger charge is 2.22. The van der Waals surface area contributed by atoms with Crippen molar-refractivity contribution in [1.82, 2.24) is 0 Å². The molecule has 0 heterocycles. The smallest absolute Gasteiger partial charge is 0.306 e. The van der Waals surface area contributed by atoms with Crippen molar-refractivity contribution in [2.75, 3.05) is 26.4 Å². The number of rotatable bonds is 30. The molecule has 252 valence electrons. The summed E-state index contributed by atoms with van der Waals surface area (Å²) in [7, 11) is 0. The van der Waals surface area contributed by atoms with Crippen LogP contribution in [0.1, 0.15) is 156 Å². The van der Waals surface area contributed by atoms with Crippen LogP contribution >= 0.6 is 0 Å². The maximum Gasteiger partial charge on any atom is 0.306 e. The maximum absolute atomic E-state index is 12.5. The third kappa shape index (κ3) is 27.1. The molecule has 0 aromatic carbocycles. The van der Waals surface area contributed by atoms with Crippen LogP contribution in [-0.4, -0.2) is 62.5 Å². The monoisotopic (exact) mass is 614 g/mol. The van der Waals surface area contributed by atoms with Crippen LogP contribution in [0.4, 0.5) is 0 Å². The zero-order valence-electron chi connectivity index (χ0n) is 27.8. The Labute approximate surface area is 261 Å². The van der Waals surface area contributed by atoms with Crippen molar-refractivity contribution in [3.8, 4) is 0 Å². The number of unbranched alkanes of at least 4 members (excludes halogenated alkanes) is 12. The van der Waals surface area contributed by atoms with E-state index in [-0.39, 0.29) is 56.7 Å². The van der Waals surface area contributed by atoms with E-state index in [1.54, 1.807) is 0 Å². The molecule has 0 bridgehead atoms. The van der Waals surface area contributed by atoms with Gasteiger partial charge in [0.15, 0.2) is 6.10 Å². The van der Waals surface area contributed by atoms with Crippen LogP contribution in [0.25, 0.3) is 0 Å². The summed E-state index contributed by atoms with van der Waals surface area (Å²) in [6.45, 7) is 8.02. The normalized spacial score (nSPS) is 11.7. The Kier molecular flexibility index (Phi) is 28.4. The molecule has 0 aliphatic rings. The van der Waals surface area contributed by atoms with E-state index >= 15 is 0 Å². The number of carbonyl (C=O) groups is 4. The van der Waals surface area contributed by atoms with Gasteiger partial charge in [0.05, 0.1) is 6.61 Å². The van der Waals surface area contributed by atoms with E-state index in [2.05, 4.69) is 27.7 Å². The minimum atomic E-state index is -0.824. The lowest BCUT2D eigenvalue weighted by atomic mass is 10.1. The summed E-state index contributed by atoms with van der Waals surface area (Å²) in [5.74, 6) is -1.38. The van der Waals surface area contributed by atoms with Crippen molar-refractivity contribution < 1.29 is 42.9 Å². The molecule has 0 saturated heterocycles. The van der Waals surface area contributed by atoms with E-state index in [1.165, 1.54) is 0 Å². The number of esters is 4. The Hall–Kier alpha value is -2.16. The topological polar surface area (TPSA) is 114 Å². The van der Waals surface area contributed by atoms with Crippen LogP contribution in [-0.2, 0) is 42.9 Å². The summed E-state index contributed by atoms with van der Waals surface area (Å²) >= 11 is 0. The van der Waals surface area contributed by atoms with E-state index in [9.17, 15) is 19.2 Å². The number of hydrogen-bond acceptors (Lipinski definition) is 9. The van der Waals surface area contributed by atoms with Gasteiger partial charge >= 0.3 is 23.9 Å². The van der Waals surface area contributed by atoms with E-state index in [1.807, 2.05) is 0 Å². The molecule has 0 aromatic heterocycles. The van der Waals surface area contributed by atoms with Crippen molar-refractivity contribution in [1.29, 1.82) is 0 Å². The second kappa shape index (κ2) is 29.9. The van der Waals surface area contributed by atoms with E-state index < -0.39 is 12.2 Å². The van der Waals surface area contributed by atoms with Gasteiger partial charge < -0.3 is 23.7 Å². The van der Waals surface area contributed by atoms with Gasteiger partial charge in [-0.05, 0) is 25.7 Å². The van der Waals surface area contributed by atoms with Crippen LogP contribution < -0.4 is 0 Å². The van der Waals surface area contributed by atoms with Crippen LogP contribution in [0, 0.1) is 0 Å². The largest absolute Gasteiger partial charge is 0.463 e. The molecule has 0 fully saturated rings. The van der Waals surface area contributed by atoms with E-state index in [0.29, 0.717) is 19.3 Å². The Morgan fingerprint density at radius 2 is 0.721 bits per heavy atom. The van der Waals surface area contributed by atoms with Crippen molar-refractivity contribution in [2.24, 2.45) is 0 Å². The lowest BCUT2D eigenvalue weighted by Crippen LogP contribution is -2.35. The summed E-state index contributed by atoms with van der Waals surface area (Å²) in [6, 6.07) is 0. The maximum atomic E-state index is 12.5. The van der Waals surface area contributed by atoms with Crippen LogP contribution in [0.2, 0.25) is 0 Å². The molecule has 0 radical (unpaired) electrons. The molecule has 0 saturated carbocycles. The Morgan fingerprint density at radius 3 is 1.07 bits per heavy atom. The molecule has 9 heteroatoms. The molecule has 0 amide bonds. The first-order valence-corrected chi connectivity index (χ1v) is 17.1. The van der Waals surface area contributed by atoms with Crippen molar-refractivity contribution in [3.63, 3.8) is 0 Å². The summed E-state index contributed by atoms with van der Waals surface area (Å²) < 4.78 is 27.9. The molecule has 0 spiro atoms. The fourth-order valence-electron chi connectivity index (χ4n) is 4.31. The molecule has 0 rings (SSSR count). The fraction of sp³-hybridized carbons (Fsp3) is 0.882. The van der Waals surface area contributed by atoms with Crippen LogP contribution in [0.5, 0.6) is 0 Å². The first kappa shape index (κ1) is 40.8. The van der Waals surface area contributed by atoms with E-state index in [4.69, 9.17) is 23.7 Å². The molecule has 1 unspecified atom stereocenters. The van der Waals surface area contributed by atoms with Gasteiger partial charge in [-0.2, -0.15) is 0 Å². The SMILES string of the molecule is CCCCCCC(=O)OCC(COC(=O)CCCCCC)OCC(COC(=O)CCCCCC)OC(=O)CCCCCC. The van der Waals surface area contributed by atoms with Crippen molar-refractivity contribution in [3.05, 3.63) is 0 Å². The van der Waals surface area contributed by atoms with Gasteiger partial charge in [0, 0.05) is 25.7 Å². The van der Waals surface area contributed by atoms with Gasteiger partial charge in [0.2, 0.25) is 0 Å².